The normalized spacial score (nSPS) is 9.44. The summed E-state index contributed by atoms with van der Waals surface area (Å²) in [4.78, 5) is 10.9. The van der Waals surface area contributed by atoms with Crippen LogP contribution in [0.2, 0.25) is 0 Å². The quantitative estimate of drug-likeness (QED) is 0.393. The molecule has 0 radical (unpaired) electrons. The number of methoxy groups -OCH3 is 2. The van der Waals surface area contributed by atoms with Gasteiger partial charge in [-0.3, -0.25) is 5.43 Å². The zero-order chi connectivity index (χ0) is 12.0. The Labute approximate surface area is 93.7 Å². The molecular weight excluding hydrogens is 210 g/mol. The van der Waals surface area contributed by atoms with Crippen LogP contribution in [0, 0.1) is 0 Å². The van der Waals surface area contributed by atoms with E-state index in [-0.39, 0.29) is 0 Å². The molecule has 0 saturated carbocycles. The van der Waals surface area contributed by atoms with Crippen LogP contribution in [0.4, 0.5) is 4.79 Å². The molecule has 1 rings (SSSR count). The van der Waals surface area contributed by atoms with Gasteiger partial charge in [0, 0.05) is 12.6 Å². The maximum Gasteiger partial charge on any atom is 0.329 e. The molecule has 0 saturated heterocycles. The van der Waals surface area contributed by atoms with Crippen LogP contribution in [0.5, 0.6) is 11.5 Å². The highest BCUT2D eigenvalue weighted by atomic mass is 16.5. The van der Waals surface area contributed by atoms with Gasteiger partial charge in [-0.25, -0.2) is 10.6 Å². The number of nitrogens with two attached hydrogens (primary N) is 1. The first kappa shape index (κ1) is 12.1. The zero-order valence-electron chi connectivity index (χ0n) is 9.24. The van der Waals surface area contributed by atoms with Crippen LogP contribution in [-0.2, 0) is 6.54 Å². The number of hydrogen-bond acceptors (Lipinski definition) is 4. The highest BCUT2D eigenvalue weighted by Crippen LogP contribution is 2.22. The molecule has 0 spiro atoms. The van der Waals surface area contributed by atoms with Crippen LogP contribution in [0.25, 0.3) is 0 Å². The second-order valence-corrected chi connectivity index (χ2v) is 3.05. The average Bonchev–Trinajstić information content (AvgIpc) is 2.35. The molecule has 1 aromatic rings. The molecule has 2 amide bonds. The van der Waals surface area contributed by atoms with Gasteiger partial charge < -0.3 is 14.8 Å². The lowest BCUT2D eigenvalue weighted by Crippen LogP contribution is -2.39. The molecule has 0 aromatic heterocycles. The summed E-state index contributed by atoms with van der Waals surface area (Å²) in [7, 11) is 3.14. The number of hydrazine groups is 1. The highest BCUT2D eigenvalue weighted by Gasteiger charge is 2.03. The van der Waals surface area contributed by atoms with Crippen molar-refractivity contribution >= 4 is 6.03 Å². The smallest absolute Gasteiger partial charge is 0.329 e. The molecule has 16 heavy (non-hydrogen) atoms. The molecule has 0 heterocycles. The van der Waals surface area contributed by atoms with Gasteiger partial charge in [0.2, 0.25) is 0 Å². The molecule has 0 aliphatic rings. The molecule has 0 fully saturated rings. The summed E-state index contributed by atoms with van der Waals surface area (Å²) in [6.45, 7) is 0.344. The van der Waals surface area contributed by atoms with Crippen LogP contribution in [0.15, 0.2) is 18.2 Å². The van der Waals surface area contributed by atoms with Crippen molar-refractivity contribution in [1.82, 2.24) is 10.7 Å². The van der Waals surface area contributed by atoms with E-state index in [1.807, 2.05) is 5.43 Å². The number of hydrogen-bond donors (Lipinski definition) is 3. The van der Waals surface area contributed by atoms with Crippen LogP contribution < -0.4 is 26.1 Å². The third-order valence-corrected chi connectivity index (χ3v) is 2.00. The fourth-order valence-electron chi connectivity index (χ4n) is 1.20. The summed E-state index contributed by atoms with van der Waals surface area (Å²) in [5.74, 6) is 6.28. The number of rotatable bonds is 4. The Balaban J connectivity index is 2.74. The maximum absolute atomic E-state index is 10.9. The lowest BCUT2D eigenvalue weighted by atomic mass is 10.2. The van der Waals surface area contributed by atoms with Gasteiger partial charge in [0.15, 0.2) is 0 Å². The van der Waals surface area contributed by atoms with E-state index < -0.39 is 6.03 Å². The SMILES string of the molecule is COc1cc(CNC(=O)NN)cc(OC)c1. The number of carbonyl (C=O) groups is 1. The van der Waals surface area contributed by atoms with Gasteiger partial charge >= 0.3 is 6.03 Å². The Bertz CT molecular complexity index is 346. The molecule has 88 valence electrons. The largest absolute Gasteiger partial charge is 0.497 e. The van der Waals surface area contributed by atoms with E-state index in [0.29, 0.717) is 18.0 Å². The summed E-state index contributed by atoms with van der Waals surface area (Å²) in [5.41, 5.74) is 2.84. The summed E-state index contributed by atoms with van der Waals surface area (Å²) in [6.07, 6.45) is 0. The number of nitrogens with one attached hydrogen (secondary N) is 2. The van der Waals surface area contributed by atoms with E-state index in [1.54, 1.807) is 32.4 Å². The Morgan fingerprint density at radius 2 is 1.81 bits per heavy atom. The molecule has 6 heteroatoms. The van der Waals surface area contributed by atoms with E-state index in [9.17, 15) is 4.79 Å². The third kappa shape index (κ3) is 3.32. The topological polar surface area (TPSA) is 85.6 Å². The molecule has 0 bridgehead atoms. The van der Waals surface area contributed by atoms with Crippen molar-refractivity contribution in [3.05, 3.63) is 23.8 Å². The second kappa shape index (κ2) is 5.82. The number of benzene rings is 1. The lowest BCUT2D eigenvalue weighted by Gasteiger charge is -2.09. The van der Waals surface area contributed by atoms with E-state index >= 15 is 0 Å². The number of ether oxygens (including phenoxy) is 2. The van der Waals surface area contributed by atoms with Crippen LogP contribution >= 0.6 is 0 Å². The summed E-state index contributed by atoms with van der Waals surface area (Å²) >= 11 is 0. The molecule has 0 atom stereocenters. The maximum atomic E-state index is 10.9. The molecule has 1 aromatic carbocycles. The van der Waals surface area contributed by atoms with Gasteiger partial charge in [-0.1, -0.05) is 0 Å². The van der Waals surface area contributed by atoms with Crippen molar-refractivity contribution < 1.29 is 14.3 Å². The molecule has 6 nitrogen and oxygen atoms in total. The van der Waals surface area contributed by atoms with Gasteiger partial charge in [-0.05, 0) is 17.7 Å². The number of carbonyl (C=O) groups excluding carboxylic acids is 1. The minimum Gasteiger partial charge on any atom is -0.497 e. The lowest BCUT2D eigenvalue weighted by molar-refractivity contribution is 0.240. The van der Waals surface area contributed by atoms with Crippen LogP contribution in [0.3, 0.4) is 0 Å². The summed E-state index contributed by atoms with van der Waals surface area (Å²) in [6, 6.07) is 4.92. The first-order valence-electron chi connectivity index (χ1n) is 4.66. The van der Waals surface area contributed by atoms with Gasteiger partial charge in [-0.15, -0.1) is 0 Å². The molecular formula is C10H15N3O3. The fourth-order valence-corrected chi connectivity index (χ4v) is 1.20. The van der Waals surface area contributed by atoms with Gasteiger partial charge in [0.05, 0.1) is 14.2 Å². The summed E-state index contributed by atoms with van der Waals surface area (Å²) in [5, 5.41) is 2.57. The third-order valence-electron chi connectivity index (χ3n) is 2.00. The predicted octanol–water partition coefficient (Wildman–Crippen LogP) is 0.377. The van der Waals surface area contributed by atoms with Crippen molar-refractivity contribution in [2.45, 2.75) is 6.54 Å². The molecule has 0 aliphatic carbocycles. The van der Waals surface area contributed by atoms with Gasteiger partial charge in [0.25, 0.3) is 0 Å². The molecule has 0 aliphatic heterocycles. The van der Waals surface area contributed by atoms with E-state index in [2.05, 4.69) is 5.32 Å². The first-order valence-corrected chi connectivity index (χ1v) is 4.66. The van der Waals surface area contributed by atoms with Crippen molar-refractivity contribution in [2.75, 3.05) is 14.2 Å². The van der Waals surface area contributed by atoms with Gasteiger partial charge in [0.1, 0.15) is 11.5 Å². The first-order chi connectivity index (χ1) is 7.69. The monoisotopic (exact) mass is 225 g/mol. The Morgan fingerprint density at radius 1 is 1.25 bits per heavy atom. The fraction of sp³-hybridized carbons (Fsp3) is 0.300. The Hall–Kier alpha value is -1.95. The van der Waals surface area contributed by atoms with Crippen molar-refractivity contribution in [2.24, 2.45) is 5.84 Å². The van der Waals surface area contributed by atoms with E-state index in [1.165, 1.54) is 0 Å². The van der Waals surface area contributed by atoms with Crippen LogP contribution in [0.1, 0.15) is 5.56 Å². The molecule has 0 unspecified atom stereocenters. The minimum atomic E-state index is -0.443. The van der Waals surface area contributed by atoms with Crippen molar-refractivity contribution in [3.8, 4) is 11.5 Å². The average molecular weight is 225 g/mol. The number of amides is 2. The highest BCUT2D eigenvalue weighted by molar-refractivity contribution is 5.73. The van der Waals surface area contributed by atoms with E-state index in [0.717, 1.165) is 5.56 Å². The molecule has 4 N–H and O–H groups in total. The predicted molar refractivity (Wildman–Crippen MR) is 59.1 cm³/mol. The number of urea groups is 1. The van der Waals surface area contributed by atoms with Crippen molar-refractivity contribution in [3.63, 3.8) is 0 Å². The standard InChI is InChI=1S/C10H15N3O3/c1-15-8-3-7(4-9(5-8)16-2)6-12-10(14)13-11/h3-5H,6,11H2,1-2H3,(H2,12,13,14). The second-order valence-electron chi connectivity index (χ2n) is 3.05. The van der Waals surface area contributed by atoms with Crippen molar-refractivity contribution in [1.29, 1.82) is 0 Å². The van der Waals surface area contributed by atoms with E-state index in [4.69, 9.17) is 15.3 Å². The minimum absolute atomic E-state index is 0.344. The van der Waals surface area contributed by atoms with Gasteiger partial charge in [-0.2, -0.15) is 0 Å². The van der Waals surface area contributed by atoms with Crippen LogP contribution in [-0.4, -0.2) is 20.3 Å². The summed E-state index contributed by atoms with van der Waals surface area (Å²) < 4.78 is 10.2. The Kier molecular flexibility index (Phi) is 4.41. The zero-order valence-corrected chi connectivity index (χ0v) is 9.24. The Morgan fingerprint density at radius 3 is 2.25 bits per heavy atom.